The number of piperazine rings is 1. The Bertz CT molecular complexity index is 1300. The van der Waals surface area contributed by atoms with Crippen molar-refractivity contribution in [2.75, 3.05) is 65.5 Å². The zero-order chi connectivity index (χ0) is 30.1. The molecule has 1 saturated heterocycles. The summed E-state index contributed by atoms with van der Waals surface area (Å²) < 4.78 is 16.4. The number of amidine groups is 1. The zero-order valence-corrected chi connectivity index (χ0v) is 25.7. The highest BCUT2D eigenvalue weighted by Crippen LogP contribution is 2.40. The van der Waals surface area contributed by atoms with Crippen LogP contribution in [0.15, 0.2) is 66.0 Å². The molecule has 226 valence electrons. The molecule has 2 aliphatic heterocycles. The molecule has 2 aromatic carbocycles. The third-order valence-corrected chi connectivity index (χ3v) is 8.08. The molecular formula is C33H45N5O4. The molecular weight excluding hydrogens is 530 g/mol. The maximum atomic E-state index is 14.0. The minimum Gasteiger partial charge on any atom is -0.493 e. The molecule has 0 radical (unpaired) electrons. The van der Waals surface area contributed by atoms with E-state index in [0.717, 1.165) is 68.1 Å². The van der Waals surface area contributed by atoms with Gasteiger partial charge in [0.2, 0.25) is 0 Å². The van der Waals surface area contributed by atoms with Gasteiger partial charge in [0.05, 0.1) is 33.2 Å². The summed E-state index contributed by atoms with van der Waals surface area (Å²) in [5, 5.41) is 3.15. The average molecular weight is 576 g/mol. The molecule has 0 aromatic heterocycles. The SMILES string of the molecule is C=C/C=C(\NC(C)=NCCC[C@H](c1ccc(OC)c(OC)c1)N1Cc2c(cccc2N2CCN(CC)CC2)C1=O)OC. The van der Waals surface area contributed by atoms with Gasteiger partial charge in [-0.25, -0.2) is 0 Å². The van der Waals surface area contributed by atoms with Crippen molar-refractivity contribution in [3.63, 3.8) is 0 Å². The summed E-state index contributed by atoms with van der Waals surface area (Å²) in [5.41, 5.74) is 4.12. The first-order chi connectivity index (χ1) is 20.4. The smallest absolute Gasteiger partial charge is 0.255 e. The number of carbonyl (C=O) groups is 1. The van der Waals surface area contributed by atoms with E-state index in [0.29, 0.717) is 30.5 Å². The van der Waals surface area contributed by atoms with Crippen LogP contribution < -0.4 is 19.7 Å². The van der Waals surface area contributed by atoms with Gasteiger partial charge in [0.25, 0.3) is 5.91 Å². The number of nitrogens with one attached hydrogen (secondary N) is 1. The second kappa shape index (κ2) is 14.8. The number of likely N-dealkylation sites (N-methyl/N-ethyl adjacent to an activating group) is 1. The van der Waals surface area contributed by atoms with Gasteiger partial charge < -0.3 is 34.2 Å². The highest BCUT2D eigenvalue weighted by molar-refractivity contribution is 6.00. The second-order valence-corrected chi connectivity index (χ2v) is 10.5. The number of amides is 1. The number of hydrogen-bond acceptors (Lipinski definition) is 7. The first kappa shape index (κ1) is 31.0. The number of nitrogens with zero attached hydrogens (tertiary/aromatic N) is 4. The van der Waals surface area contributed by atoms with Crippen LogP contribution >= 0.6 is 0 Å². The molecule has 2 heterocycles. The van der Waals surface area contributed by atoms with E-state index in [1.807, 2.05) is 42.2 Å². The second-order valence-electron chi connectivity index (χ2n) is 10.5. The van der Waals surface area contributed by atoms with Crippen molar-refractivity contribution >= 4 is 17.4 Å². The van der Waals surface area contributed by atoms with E-state index in [1.54, 1.807) is 33.5 Å². The van der Waals surface area contributed by atoms with Gasteiger partial charge in [-0.2, -0.15) is 0 Å². The normalized spacial score (nSPS) is 16.7. The number of ether oxygens (including phenoxy) is 3. The van der Waals surface area contributed by atoms with Gasteiger partial charge in [-0.05, 0) is 62.2 Å². The maximum absolute atomic E-state index is 14.0. The van der Waals surface area contributed by atoms with Crippen LogP contribution in [0.2, 0.25) is 0 Å². The van der Waals surface area contributed by atoms with Crippen LogP contribution in [0.3, 0.4) is 0 Å². The first-order valence-corrected chi connectivity index (χ1v) is 14.7. The van der Waals surface area contributed by atoms with E-state index >= 15 is 0 Å². The van der Waals surface area contributed by atoms with Crippen molar-refractivity contribution in [2.45, 2.75) is 39.3 Å². The molecule has 9 heteroatoms. The Balaban J connectivity index is 1.57. The molecule has 1 N–H and O–H groups in total. The number of hydrogen-bond donors (Lipinski definition) is 1. The number of carbonyl (C=O) groups excluding carboxylic acids is 1. The molecule has 0 aliphatic carbocycles. The minimum atomic E-state index is -0.145. The molecule has 0 spiro atoms. The lowest BCUT2D eigenvalue weighted by Gasteiger charge is -2.36. The predicted octanol–water partition coefficient (Wildman–Crippen LogP) is 5.00. The molecule has 9 nitrogen and oxygen atoms in total. The third-order valence-electron chi connectivity index (χ3n) is 8.08. The fourth-order valence-electron chi connectivity index (χ4n) is 5.77. The van der Waals surface area contributed by atoms with Crippen molar-refractivity contribution in [2.24, 2.45) is 4.99 Å². The monoisotopic (exact) mass is 575 g/mol. The lowest BCUT2D eigenvalue weighted by atomic mass is 9.99. The Hall–Kier alpha value is -3.98. The highest BCUT2D eigenvalue weighted by atomic mass is 16.5. The fraction of sp³-hybridized carbons (Fsp3) is 0.455. The van der Waals surface area contributed by atoms with E-state index < -0.39 is 0 Å². The van der Waals surface area contributed by atoms with Crippen LogP contribution in [0, 0.1) is 0 Å². The van der Waals surface area contributed by atoms with Crippen LogP contribution in [0.4, 0.5) is 5.69 Å². The Labute approximate surface area is 250 Å². The number of benzene rings is 2. The van der Waals surface area contributed by atoms with Gasteiger partial charge in [-0.1, -0.05) is 31.7 Å². The standard InChI is InChI=1S/C33H45N5O4/c1-7-11-32(42-6)35-24(3)34-17-10-14-28(25-15-16-30(40-4)31(22-25)41-5)38-23-27-26(33(38)39)12-9-13-29(27)37-20-18-36(8-2)19-21-37/h7,9,11-13,15-16,22,28H,1,8,10,14,17-21,23H2,2-6H3,(H,34,35)/b32-11+/t28-/m1/s1. The molecule has 42 heavy (non-hydrogen) atoms. The fourth-order valence-corrected chi connectivity index (χ4v) is 5.77. The third kappa shape index (κ3) is 7.07. The largest absolute Gasteiger partial charge is 0.493 e. The minimum absolute atomic E-state index is 0.0690. The summed E-state index contributed by atoms with van der Waals surface area (Å²) in [4.78, 5) is 25.6. The topological polar surface area (TPSA) is 78.9 Å². The quantitative estimate of drug-likeness (QED) is 0.118. The maximum Gasteiger partial charge on any atom is 0.255 e. The Morgan fingerprint density at radius 1 is 1.10 bits per heavy atom. The molecule has 0 saturated carbocycles. The number of anilines is 1. The molecule has 2 aromatic rings. The Morgan fingerprint density at radius 3 is 2.52 bits per heavy atom. The van der Waals surface area contributed by atoms with Crippen LogP contribution in [0.1, 0.15) is 54.2 Å². The van der Waals surface area contributed by atoms with Crippen molar-refractivity contribution in [1.82, 2.24) is 15.1 Å². The summed E-state index contributed by atoms with van der Waals surface area (Å²) >= 11 is 0. The summed E-state index contributed by atoms with van der Waals surface area (Å²) in [7, 11) is 4.87. The van der Waals surface area contributed by atoms with E-state index in [4.69, 9.17) is 14.2 Å². The predicted molar refractivity (Wildman–Crippen MR) is 169 cm³/mol. The van der Waals surface area contributed by atoms with Gasteiger partial charge >= 0.3 is 0 Å². The molecule has 0 unspecified atom stereocenters. The van der Waals surface area contributed by atoms with Crippen molar-refractivity contribution in [1.29, 1.82) is 0 Å². The van der Waals surface area contributed by atoms with Gasteiger partial charge in [0.1, 0.15) is 0 Å². The summed E-state index contributed by atoms with van der Waals surface area (Å²) in [5.74, 6) is 2.72. The average Bonchev–Trinajstić information content (AvgIpc) is 3.36. The van der Waals surface area contributed by atoms with Crippen molar-refractivity contribution < 1.29 is 19.0 Å². The number of methoxy groups -OCH3 is 3. The van der Waals surface area contributed by atoms with E-state index in [9.17, 15) is 4.79 Å². The molecule has 1 amide bonds. The van der Waals surface area contributed by atoms with Crippen molar-refractivity contribution in [3.8, 4) is 11.5 Å². The number of fused-ring (bicyclic) bond motifs is 1. The lowest BCUT2D eigenvalue weighted by molar-refractivity contribution is 0.0689. The van der Waals surface area contributed by atoms with Gasteiger partial charge in [0, 0.05) is 56.1 Å². The Morgan fingerprint density at radius 2 is 1.86 bits per heavy atom. The highest BCUT2D eigenvalue weighted by Gasteiger charge is 2.36. The summed E-state index contributed by atoms with van der Waals surface area (Å²) in [6.07, 6.45) is 4.95. The first-order valence-electron chi connectivity index (χ1n) is 14.7. The van der Waals surface area contributed by atoms with E-state index in [1.165, 1.54) is 5.69 Å². The van der Waals surface area contributed by atoms with Gasteiger partial charge in [0.15, 0.2) is 17.4 Å². The summed E-state index contributed by atoms with van der Waals surface area (Å²) in [6.45, 7) is 14.1. The molecule has 0 bridgehead atoms. The van der Waals surface area contributed by atoms with E-state index in [-0.39, 0.29) is 11.9 Å². The Kier molecular flexibility index (Phi) is 10.9. The lowest BCUT2D eigenvalue weighted by Crippen LogP contribution is -2.46. The van der Waals surface area contributed by atoms with Gasteiger partial charge in [-0.15, -0.1) is 0 Å². The molecule has 4 rings (SSSR count). The van der Waals surface area contributed by atoms with E-state index in [2.05, 4.69) is 39.7 Å². The van der Waals surface area contributed by atoms with Gasteiger partial charge in [-0.3, -0.25) is 9.79 Å². The summed E-state index contributed by atoms with van der Waals surface area (Å²) in [6, 6.07) is 12.0. The zero-order valence-electron chi connectivity index (χ0n) is 25.7. The number of allylic oxidation sites excluding steroid dienone is 2. The molecule has 1 atom stereocenters. The van der Waals surface area contributed by atoms with Crippen molar-refractivity contribution in [3.05, 3.63) is 77.7 Å². The number of rotatable bonds is 13. The van der Waals surface area contributed by atoms with Crippen LogP contribution in [0.25, 0.3) is 0 Å². The molecule has 1 fully saturated rings. The van der Waals surface area contributed by atoms with Crippen LogP contribution in [-0.2, 0) is 11.3 Å². The number of aliphatic imine (C=N–C) groups is 1. The van der Waals surface area contributed by atoms with Crippen LogP contribution in [0.5, 0.6) is 11.5 Å². The molecule has 2 aliphatic rings. The van der Waals surface area contributed by atoms with Crippen LogP contribution in [-0.4, -0.2) is 82.1 Å².